The van der Waals surface area contributed by atoms with E-state index in [9.17, 15) is 14.4 Å². The van der Waals surface area contributed by atoms with Crippen LogP contribution in [0.15, 0.2) is 194 Å². The van der Waals surface area contributed by atoms with Gasteiger partial charge in [0.15, 0.2) is 6.10 Å². The Kier molecular flexibility index (Phi) is 63.0. The van der Waals surface area contributed by atoms with Crippen LogP contribution in [0.1, 0.15) is 245 Å². The van der Waals surface area contributed by atoms with Crippen molar-refractivity contribution in [1.82, 2.24) is 0 Å². The maximum Gasteiger partial charge on any atom is 0.306 e. The predicted octanol–water partition coefficient (Wildman–Crippen LogP) is 22.6. The van der Waals surface area contributed by atoms with Crippen LogP contribution in [0.2, 0.25) is 0 Å². The smallest absolute Gasteiger partial charge is 0.306 e. The zero-order valence-electron chi connectivity index (χ0n) is 52.2. The lowest BCUT2D eigenvalue weighted by Crippen LogP contribution is -2.30. The van der Waals surface area contributed by atoms with Crippen molar-refractivity contribution < 1.29 is 28.6 Å². The Labute approximate surface area is 503 Å². The Hall–Kier alpha value is -5.75. The minimum atomic E-state index is -0.841. The summed E-state index contributed by atoms with van der Waals surface area (Å²) in [4.78, 5) is 38.3. The standard InChI is InChI=1S/C76H116O6/c1-4-7-10-13-16-19-22-25-28-31-32-33-34-35-36-37-38-39-40-41-42-43-44-46-48-51-54-57-60-63-66-69-75(78)81-72-73(71-80-74(77)68-65-62-59-56-53-50-47-30-27-24-21-18-15-12-9-6-3)82-76(79)70-67-64-61-58-55-52-49-45-29-26-23-20-17-14-11-8-5-2/h7-8,10-11,16-17,19-21,24-26,28-30,32-33,35-36,38-39,41-42,44,46-47,49,51-52,54,58,61,73H,4-6,9,12-15,18,22-23,27,31,34,37,40,43,45,48,50,53,55-57,59-60,62-72H2,1-3H3/b10-7-,11-8-,19-16-,20-17-,24-21-,28-25-,29-26-,33-32-,36-35-,39-38-,42-41-,46-44-,47-30-,52-49-,54-51-,61-58-. The molecule has 0 rings (SSSR count). The monoisotopic (exact) mass is 1120 g/mol. The largest absolute Gasteiger partial charge is 0.462 e. The van der Waals surface area contributed by atoms with Crippen molar-refractivity contribution in [2.24, 2.45) is 0 Å². The highest BCUT2D eigenvalue weighted by molar-refractivity contribution is 5.71. The molecule has 0 spiro atoms. The summed E-state index contributed by atoms with van der Waals surface area (Å²) in [5, 5.41) is 0. The number of unbranched alkanes of at least 4 members (excludes halogenated alkanes) is 13. The fourth-order valence-corrected chi connectivity index (χ4v) is 8.03. The highest BCUT2D eigenvalue weighted by Gasteiger charge is 2.19. The van der Waals surface area contributed by atoms with Gasteiger partial charge in [0.05, 0.1) is 0 Å². The zero-order valence-corrected chi connectivity index (χ0v) is 52.2. The van der Waals surface area contributed by atoms with Crippen LogP contribution < -0.4 is 0 Å². The Bertz CT molecular complexity index is 1970. The van der Waals surface area contributed by atoms with Crippen LogP contribution in [0.25, 0.3) is 0 Å². The Balaban J connectivity index is 4.52. The summed E-state index contributed by atoms with van der Waals surface area (Å²) in [6.07, 6.45) is 103. The van der Waals surface area contributed by atoms with E-state index >= 15 is 0 Å². The van der Waals surface area contributed by atoms with Gasteiger partial charge in [-0.15, -0.1) is 0 Å². The van der Waals surface area contributed by atoms with Gasteiger partial charge in [-0.2, -0.15) is 0 Å². The molecule has 456 valence electrons. The lowest BCUT2D eigenvalue weighted by molar-refractivity contribution is -0.167. The summed E-state index contributed by atoms with van der Waals surface area (Å²) >= 11 is 0. The van der Waals surface area contributed by atoms with E-state index in [0.29, 0.717) is 19.3 Å². The van der Waals surface area contributed by atoms with Crippen LogP contribution in [0.3, 0.4) is 0 Å². The lowest BCUT2D eigenvalue weighted by atomic mass is 10.1. The third-order valence-corrected chi connectivity index (χ3v) is 12.8. The molecule has 0 aliphatic heterocycles. The molecule has 0 radical (unpaired) electrons. The molecule has 1 unspecified atom stereocenters. The lowest BCUT2D eigenvalue weighted by Gasteiger charge is -2.18. The molecule has 1 atom stereocenters. The SMILES string of the molecule is CC/C=C\C/C=C\C/C=C\C/C=C\C/C=C\C/C=C\C/C=C\C/C=C\C/C=C\CCCCCC(=O)OCC(COC(=O)CCCCCCC/C=C\C/C=C\CCCCCC)OC(=O)CCC/C=C\C/C=C\C/C=C\C/C=C\C/C=C\CC. The number of ether oxygens (including phenoxy) is 3. The van der Waals surface area contributed by atoms with Gasteiger partial charge in [0, 0.05) is 19.3 Å². The second-order valence-corrected chi connectivity index (χ2v) is 20.5. The zero-order chi connectivity index (χ0) is 59.2. The van der Waals surface area contributed by atoms with E-state index in [4.69, 9.17) is 14.2 Å². The molecule has 6 nitrogen and oxygen atoms in total. The van der Waals surface area contributed by atoms with Crippen molar-refractivity contribution in [2.45, 2.75) is 252 Å². The van der Waals surface area contributed by atoms with E-state index < -0.39 is 6.10 Å². The van der Waals surface area contributed by atoms with Gasteiger partial charge < -0.3 is 14.2 Å². The topological polar surface area (TPSA) is 78.9 Å². The van der Waals surface area contributed by atoms with Crippen molar-refractivity contribution in [3.63, 3.8) is 0 Å². The van der Waals surface area contributed by atoms with Gasteiger partial charge in [-0.05, 0) is 161 Å². The normalized spacial score (nSPS) is 13.5. The van der Waals surface area contributed by atoms with E-state index in [2.05, 4.69) is 215 Å². The van der Waals surface area contributed by atoms with Gasteiger partial charge in [0.1, 0.15) is 13.2 Å². The van der Waals surface area contributed by atoms with E-state index in [1.165, 1.54) is 32.1 Å². The first-order valence-electron chi connectivity index (χ1n) is 32.4. The molecule has 0 aliphatic carbocycles. The summed E-state index contributed by atoms with van der Waals surface area (Å²) < 4.78 is 16.8. The summed E-state index contributed by atoms with van der Waals surface area (Å²) in [5.41, 5.74) is 0. The molecule has 0 fully saturated rings. The van der Waals surface area contributed by atoms with Crippen molar-refractivity contribution in [2.75, 3.05) is 13.2 Å². The minimum Gasteiger partial charge on any atom is -0.462 e. The van der Waals surface area contributed by atoms with Gasteiger partial charge in [0.25, 0.3) is 0 Å². The number of esters is 3. The van der Waals surface area contributed by atoms with Crippen LogP contribution in [-0.2, 0) is 28.6 Å². The Morgan fingerprint density at radius 3 is 0.793 bits per heavy atom. The van der Waals surface area contributed by atoms with Crippen LogP contribution in [0.5, 0.6) is 0 Å². The highest BCUT2D eigenvalue weighted by atomic mass is 16.6. The van der Waals surface area contributed by atoms with Gasteiger partial charge in [0.2, 0.25) is 0 Å². The van der Waals surface area contributed by atoms with Gasteiger partial charge in [-0.1, -0.05) is 260 Å². The third kappa shape index (κ3) is 65.1. The minimum absolute atomic E-state index is 0.129. The van der Waals surface area contributed by atoms with Crippen molar-refractivity contribution in [3.05, 3.63) is 194 Å². The maximum absolute atomic E-state index is 12.9. The molecule has 6 heteroatoms. The molecule has 0 N–H and O–H groups in total. The first-order valence-corrected chi connectivity index (χ1v) is 32.4. The first-order chi connectivity index (χ1) is 40.5. The average Bonchev–Trinajstić information content (AvgIpc) is 3.48. The van der Waals surface area contributed by atoms with E-state index in [1.807, 2.05) is 0 Å². The molecular formula is C76H116O6. The Morgan fingerprint density at radius 1 is 0.256 bits per heavy atom. The van der Waals surface area contributed by atoms with Crippen LogP contribution in [0, 0.1) is 0 Å². The summed E-state index contributed by atoms with van der Waals surface area (Å²) in [5.74, 6) is -1.04. The fraction of sp³-hybridized carbons (Fsp3) is 0.539. The number of carbonyl (C=O) groups excluding carboxylic acids is 3. The van der Waals surface area contributed by atoms with Crippen LogP contribution in [0.4, 0.5) is 0 Å². The predicted molar refractivity (Wildman–Crippen MR) is 357 cm³/mol. The third-order valence-electron chi connectivity index (χ3n) is 12.8. The molecule has 0 heterocycles. The summed E-state index contributed by atoms with van der Waals surface area (Å²) in [7, 11) is 0. The molecule has 0 saturated carbocycles. The number of hydrogen-bond acceptors (Lipinski definition) is 6. The highest BCUT2D eigenvalue weighted by Crippen LogP contribution is 2.12. The van der Waals surface area contributed by atoms with E-state index in [0.717, 1.165) is 167 Å². The fourth-order valence-electron chi connectivity index (χ4n) is 8.03. The van der Waals surface area contributed by atoms with Crippen molar-refractivity contribution >= 4 is 17.9 Å². The molecule has 0 aromatic carbocycles. The van der Waals surface area contributed by atoms with Gasteiger partial charge in [-0.25, -0.2) is 0 Å². The van der Waals surface area contributed by atoms with E-state index in [1.54, 1.807) is 0 Å². The van der Waals surface area contributed by atoms with Gasteiger partial charge in [-0.3, -0.25) is 14.4 Å². The Morgan fingerprint density at radius 2 is 0.488 bits per heavy atom. The van der Waals surface area contributed by atoms with Crippen LogP contribution in [-0.4, -0.2) is 37.2 Å². The molecule has 82 heavy (non-hydrogen) atoms. The molecule has 0 bridgehead atoms. The molecule has 0 amide bonds. The van der Waals surface area contributed by atoms with E-state index in [-0.39, 0.29) is 37.5 Å². The second-order valence-electron chi connectivity index (χ2n) is 20.5. The van der Waals surface area contributed by atoms with Crippen molar-refractivity contribution in [1.29, 1.82) is 0 Å². The quantitative estimate of drug-likeness (QED) is 0.0261. The summed E-state index contributed by atoms with van der Waals surface area (Å²) in [6, 6.07) is 0. The number of rotatable bonds is 56. The summed E-state index contributed by atoms with van der Waals surface area (Å²) in [6.45, 7) is 6.29. The van der Waals surface area contributed by atoms with Crippen molar-refractivity contribution in [3.8, 4) is 0 Å². The van der Waals surface area contributed by atoms with Crippen LogP contribution >= 0.6 is 0 Å². The average molecular weight is 1130 g/mol. The second kappa shape index (κ2) is 67.8. The number of carbonyl (C=O) groups is 3. The first kappa shape index (κ1) is 76.2. The molecule has 0 saturated heterocycles. The molecule has 0 aromatic rings. The molecule has 0 aliphatic rings. The molecule has 0 aromatic heterocycles. The molecular weight excluding hydrogens is 1010 g/mol. The number of hydrogen-bond donors (Lipinski definition) is 0. The number of allylic oxidation sites excluding steroid dienone is 32. The maximum atomic E-state index is 12.9. The van der Waals surface area contributed by atoms with Gasteiger partial charge >= 0.3 is 17.9 Å².